The number of carbonyl (C=O) groups is 2. The largest absolute Gasteiger partial charge is 0.497 e. The molecule has 1 aromatic carbocycles. The summed E-state index contributed by atoms with van der Waals surface area (Å²) in [7, 11) is 1.60. The van der Waals surface area contributed by atoms with E-state index in [-0.39, 0.29) is 17.7 Å². The second kappa shape index (κ2) is 8.14. The number of nitrogens with one attached hydrogen (secondary N) is 1. The van der Waals surface area contributed by atoms with Gasteiger partial charge in [-0.15, -0.1) is 10.2 Å². The number of nitrogens with zero attached hydrogens (tertiary/aromatic N) is 4. The number of carbonyl (C=O) groups excluding carboxylic acids is 2. The Hall–Kier alpha value is -2.68. The number of aromatic nitrogens is 2. The molecule has 2 aliphatic heterocycles. The first kappa shape index (κ1) is 18.7. The van der Waals surface area contributed by atoms with Gasteiger partial charge < -0.3 is 15.0 Å². The van der Waals surface area contributed by atoms with Gasteiger partial charge >= 0.3 is 0 Å². The lowest BCUT2D eigenvalue weighted by molar-refractivity contribution is -0.120. The Morgan fingerprint density at radius 3 is 2.89 bits per heavy atom. The molecule has 0 bridgehead atoms. The van der Waals surface area contributed by atoms with E-state index in [0.717, 1.165) is 36.6 Å². The molecule has 1 unspecified atom stereocenters. The fraction of sp³-hybridized carbons (Fsp3) is 0.474. The molecule has 1 N–H and O–H groups in total. The topological polar surface area (TPSA) is 87.7 Å². The third-order valence-corrected chi connectivity index (χ3v) is 6.11. The van der Waals surface area contributed by atoms with Gasteiger partial charge in [0.2, 0.25) is 22.1 Å². The fourth-order valence-corrected chi connectivity index (χ4v) is 4.53. The van der Waals surface area contributed by atoms with Gasteiger partial charge in [0.05, 0.1) is 13.0 Å². The van der Waals surface area contributed by atoms with E-state index >= 15 is 0 Å². The van der Waals surface area contributed by atoms with Crippen molar-refractivity contribution in [3.8, 4) is 5.75 Å². The molecule has 2 fully saturated rings. The number of anilines is 3. The normalized spacial score (nSPS) is 19.8. The number of amides is 2. The van der Waals surface area contributed by atoms with Gasteiger partial charge in [-0.25, -0.2) is 0 Å². The van der Waals surface area contributed by atoms with Crippen LogP contribution in [0, 0.1) is 5.92 Å². The lowest BCUT2D eigenvalue weighted by atomic mass is 9.97. The van der Waals surface area contributed by atoms with Crippen LogP contribution in [0.2, 0.25) is 0 Å². The zero-order valence-electron chi connectivity index (χ0n) is 15.8. The number of hydrogen-bond donors (Lipinski definition) is 1. The van der Waals surface area contributed by atoms with Gasteiger partial charge in [0, 0.05) is 37.8 Å². The summed E-state index contributed by atoms with van der Waals surface area (Å²) >= 11 is 1.42. The molecule has 2 saturated heterocycles. The first-order valence-corrected chi connectivity index (χ1v) is 10.3. The summed E-state index contributed by atoms with van der Waals surface area (Å²) in [6.07, 6.45) is 3.19. The molecule has 8 nitrogen and oxygen atoms in total. The van der Waals surface area contributed by atoms with Gasteiger partial charge in [-0.1, -0.05) is 17.4 Å². The van der Waals surface area contributed by atoms with Crippen molar-refractivity contribution in [1.82, 2.24) is 10.2 Å². The molecule has 9 heteroatoms. The summed E-state index contributed by atoms with van der Waals surface area (Å²) in [5.74, 6) is 0.691. The van der Waals surface area contributed by atoms with Crippen molar-refractivity contribution in [3.05, 3.63) is 24.3 Å². The smallest absolute Gasteiger partial charge is 0.229 e. The van der Waals surface area contributed by atoms with Crippen molar-refractivity contribution in [3.63, 3.8) is 0 Å². The van der Waals surface area contributed by atoms with E-state index in [1.165, 1.54) is 11.3 Å². The number of hydrogen-bond acceptors (Lipinski definition) is 7. The Morgan fingerprint density at radius 1 is 1.25 bits per heavy atom. The van der Waals surface area contributed by atoms with Crippen LogP contribution in [0.5, 0.6) is 5.75 Å². The summed E-state index contributed by atoms with van der Waals surface area (Å²) in [6, 6.07) is 7.36. The van der Waals surface area contributed by atoms with Gasteiger partial charge in [0.25, 0.3) is 0 Å². The summed E-state index contributed by atoms with van der Waals surface area (Å²) in [6.45, 7) is 2.14. The van der Waals surface area contributed by atoms with Crippen LogP contribution in [-0.2, 0) is 9.59 Å². The second-order valence-electron chi connectivity index (χ2n) is 7.02. The minimum atomic E-state index is -0.124. The Kier molecular flexibility index (Phi) is 5.43. The van der Waals surface area contributed by atoms with E-state index in [9.17, 15) is 9.59 Å². The lowest BCUT2D eigenvalue weighted by Gasteiger charge is -2.31. The van der Waals surface area contributed by atoms with E-state index in [2.05, 4.69) is 20.4 Å². The average Bonchev–Trinajstić information content (AvgIpc) is 3.37. The zero-order chi connectivity index (χ0) is 19.5. The third kappa shape index (κ3) is 3.94. The molecule has 148 valence electrons. The van der Waals surface area contributed by atoms with E-state index in [0.29, 0.717) is 30.4 Å². The van der Waals surface area contributed by atoms with Crippen LogP contribution in [0.4, 0.5) is 16.0 Å². The molecule has 0 aliphatic carbocycles. The van der Waals surface area contributed by atoms with Crippen LogP contribution in [0.3, 0.4) is 0 Å². The maximum atomic E-state index is 12.7. The van der Waals surface area contributed by atoms with Crippen LogP contribution >= 0.6 is 11.3 Å². The van der Waals surface area contributed by atoms with Crippen molar-refractivity contribution >= 4 is 39.1 Å². The Bertz CT molecular complexity index is 871. The predicted octanol–water partition coefficient (Wildman–Crippen LogP) is 2.53. The quantitative estimate of drug-likeness (QED) is 0.828. The molecule has 0 radical (unpaired) electrons. The van der Waals surface area contributed by atoms with Crippen LogP contribution < -0.4 is 19.9 Å². The number of methoxy groups -OCH3 is 1. The molecule has 0 saturated carbocycles. The maximum Gasteiger partial charge on any atom is 0.229 e. The first-order chi connectivity index (χ1) is 13.6. The summed E-state index contributed by atoms with van der Waals surface area (Å²) in [5, 5.41) is 12.9. The number of piperidine rings is 1. The van der Waals surface area contributed by atoms with Crippen molar-refractivity contribution in [2.24, 2.45) is 5.92 Å². The molecule has 2 aliphatic rings. The van der Waals surface area contributed by atoms with Crippen LogP contribution in [0.15, 0.2) is 24.3 Å². The van der Waals surface area contributed by atoms with Crippen molar-refractivity contribution in [1.29, 1.82) is 0 Å². The third-order valence-electron chi connectivity index (χ3n) is 5.11. The van der Waals surface area contributed by atoms with E-state index in [4.69, 9.17) is 4.74 Å². The average molecular weight is 401 g/mol. The summed E-state index contributed by atoms with van der Waals surface area (Å²) < 4.78 is 5.21. The second-order valence-corrected chi connectivity index (χ2v) is 7.96. The SMILES string of the molecule is COc1cccc(NC(=O)C2CCCN(c3nnc(N4CCCC4=O)s3)C2)c1. The first-order valence-electron chi connectivity index (χ1n) is 9.48. The fourth-order valence-electron chi connectivity index (χ4n) is 3.61. The van der Waals surface area contributed by atoms with E-state index < -0.39 is 0 Å². The highest BCUT2D eigenvalue weighted by Crippen LogP contribution is 2.32. The molecule has 2 aromatic rings. The highest BCUT2D eigenvalue weighted by atomic mass is 32.1. The Labute approximate surface area is 167 Å². The number of ether oxygens (including phenoxy) is 1. The highest BCUT2D eigenvalue weighted by Gasteiger charge is 2.30. The minimum absolute atomic E-state index is 0.00240. The van der Waals surface area contributed by atoms with Crippen molar-refractivity contribution in [2.45, 2.75) is 25.7 Å². The van der Waals surface area contributed by atoms with Crippen LogP contribution in [0.25, 0.3) is 0 Å². The number of rotatable bonds is 5. The molecule has 28 heavy (non-hydrogen) atoms. The van der Waals surface area contributed by atoms with Gasteiger partial charge in [-0.3, -0.25) is 14.5 Å². The molecular weight excluding hydrogens is 378 g/mol. The van der Waals surface area contributed by atoms with Crippen LogP contribution in [0.1, 0.15) is 25.7 Å². The zero-order valence-corrected chi connectivity index (χ0v) is 16.6. The maximum absolute atomic E-state index is 12.7. The predicted molar refractivity (Wildman–Crippen MR) is 108 cm³/mol. The molecule has 2 amide bonds. The van der Waals surface area contributed by atoms with Gasteiger partial charge in [-0.2, -0.15) is 0 Å². The van der Waals surface area contributed by atoms with Crippen molar-refractivity contribution in [2.75, 3.05) is 41.9 Å². The monoisotopic (exact) mass is 401 g/mol. The molecule has 0 spiro atoms. The molecular formula is C19H23N5O3S. The minimum Gasteiger partial charge on any atom is -0.497 e. The van der Waals surface area contributed by atoms with Gasteiger partial charge in [0.15, 0.2) is 0 Å². The van der Waals surface area contributed by atoms with E-state index in [1.54, 1.807) is 12.0 Å². The van der Waals surface area contributed by atoms with Crippen LogP contribution in [-0.4, -0.2) is 48.8 Å². The Morgan fingerprint density at radius 2 is 2.11 bits per heavy atom. The molecule has 3 heterocycles. The Balaban J connectivity index is 1.40. The summed E-state index contributed by atoms with van der Waals surface area (Å²) in [5.41, 5.74) is 0.729. The van der Waals surface area contributed by atoms with E-state index in [1.807, 2.05) is 24.3 Å². The number of benzene rings is 1. The standard InChI is InChI=1S/C19H23N5O3S/c1-27-15-7-2-6-14(11-15)20-17(26)13-5-3-9-23(12-13)18-21-22-19(28-18)24-10-4-8-16(24)25/h2,6-7,11,13H,3-5,8-10,12H2,1H3,(H,20,26). The molecule has 4 rings (SSSR count). The summed E-state index contributed by atoms with van der Waals surface area (Å²) in [4.78, 5) is 28.5. The highest BCUT2D eigenvalue weighted by molar-refractivity contribution is 7.19. The van der Waals surface area contributed by atoms with Gasteiger partial charge in [-0.05, 0) is 31.4 Å². The van der Waals surface area contributed by atoms with Crippen molar-refractivity contribution < 1.29 is 14.3 Å². The van der Waals surface area contributed by atoms with Gasteiger partial charge in [0.1, 0.15) is 5.75 Å². The molecule has 1 aromatic heterocycles. The molecule has 1 atom stereocenters. The lowest BCUT2D eigenvalue weighted by Crippen LogP contribution is -2.40.